The zero-order valence-electron chi connectivity index (χ0n) is 14.2. The average Bonchev–Trinajstić information content (AvgIpc) is 3.40. The van der Waals surface area contributed by atoms with Gasteiger partial charge in [-0.1, -0.05) is 18.2 Å². The zero-order chi connectivity index (χ0) is 17.8. The molecule has 4 rings (SSSR count). The lowest BCUT2D eigenvalue weighted by atomic mass is 10.2. The number of benzene rings is 1. The lowest BCUT2D eigenvalue weighted by molar-refractivity contribution is 0.738. The Morgan fingerprint density at radius 3 is 3.00 bits per heavy atom. The highest BCUT2D eigenvalue weighted by Gasteiger charge is 2.04. The van der Waals surface area contributed by atoms with Gasteiger partial charge in [-0.3, -0.25) is 0 Å². The van der Waals surface area contributed by atoms with Crippen LogP contribution in [0.3, 0.4) is 0 Å². The molecule has 3 aromatic heterocycles. The molecule has 0 bridgehead atoms. The topological polar surface area (TPSA) is 61.1 Å². The van der Waals surface area contributed by atoms with Gasteiger partial charge in [0.05, 0.1) is 22.4 Å². The van der Waals surface area contributed by atoms with E-state index in [9.17, 15) is 0 Å². The van der Waals surface area contributed by atoms with Crippen LogP contribution in [0, 0.1) is 0 Å². The van der Waals surface area contributed by atoms with Crippen molar-refractivity contribution in [1.82, 2.24) is 14.1 Å². The average molecular weight is 361 g/mol. The van der Waals surface area contributed by atoms with Crippen molar-refractivity contribution >= 4 is 40.0 Å². The maximum atomic E-state index is 6.11. The summed E-state index contributed by atoms with van der Waals surface area (Å²) in [5.74, 6) is 0.556. The van der Waals surface area contributed by atoms with Crippen molar-refractivity contribution in [3.05, 3.63) is 77.6 Å². The monoisotopic (exact) mass is 361 g/mol. The van der Waals surface area contributed by atoms with E-state index in [1.165, 1.54) is 10.9 Å². The number of rotatable bonds is 6. The van der Waals surface area contributed by atoms with Crippen molar-refractivity contribution in [2.24, 2.45) is 10.7 Å². The van der Waals surface area contributed by atoms with E-state index in [1.54, 1.807) is 23.9 Å². The molecule has 0 fully saturated rings. The van der Waals surface area contributed by atoms with Crippen molar-refractivity contribution in [1.29, 1.82) is 0 Å². The first kappa shape index (κ1) is 16.4. The maximum Gasteiger partial charge on any atom is 0.141 e. The van der Waals surface area contributed by atoms with E-state index in [1.807, 2.05) is 40.5 Å². The molecule has 0 aliphatic rings. The van der Waals surface area contributed by atoms with Crippen LogP contribution < -0.4 is 5.73 Å². The van der Waals surface area contributed by atoms with Gasteiger partial charge in [0, 0.05) is 31.3 Å². The van der Waals surface area contributed by atoms with Crippen LogP contribution >= 0.6 is 11.3 Å². The molecule has 4 aromatic rings. The Hall–Kier alpha value is -3.12. The van der Waals surface area contributed by atoms with Gasteiger partial charge < -0.3 is 14.9 Å². The molecule has 0 amide bonds. The third-order valence-corrected chi connectivity index (χ3v) is 5.01. The summed E-state index contributed by atoms with van der Waals surface area (Å²) in [5.41, 5.74) is 8.15. The summed E-state index contributed by atoms with van der Waals surface area (Å²) < 4.78 is 4.18. The van der Waals surface area contributed by atoms with E-state index in [2.05, 4.69) is 45.0 Å². The SMILES string of the molecule is NC(=Nc1ccc2ccn(CC/C=C/n3ccnc3)c2c1)c1cccs1. The predicted molar refractivity (Wildman–Crippen MR) is 109 cm³/mol. The Morgan fingerprint density at radius 2 is 2.19 bits per heavy atom. The minimum atomic E-state index is 0.556. The molecule has 0 unspecified atom stereocenters. The van der Waals surface area contributed by atoms with Gasteiger partial charge in [-0.15, -0.1) is 11.3 Å². The molecule has 26 heavy (non-hydrogen) atoms. The van der Waals surface area contributed by atoms with Crippen LogP contribution in [-0.2, 0) is 6.54 Å². The minimum Gasteiger partial charge on any atom is -0.383 e. The number of imidazole rings is 1. The van der Waals surface area contributed by atoms with E-state index in [0.717, 1.165) is 23.5 Å². The third-order valence-electron chi connectivity index (χ3n) is 4.12. The molecule has 0 aliphatic heterocycles. The molecule has 0 atom stereocenters. The minimum absolute atomic E-state index is 0.556. The highest BCUT2D eigenvalue weighted by atomic mass is 32.1. The molecule has 2 N–H and O–H groups in total. The summed E-state index contributed by atoms with van der Waals surface area (Å²) in [6.07, 6.45) is 12.7. The van der Waals surface area contributed by atoms with Crippen molar-refractivity contribution in [3.8, 4) is 0 Å². The Kier molecular flexibility index (Phi) is 4.66. The maximum absolute atomic E-state index is 6.11. The quantitative estimate of drug-likeness (QED) is 0.406. The summed E-state index contributed by atoms with van der Waals surface area (Å²) in [7, 11) is 0. The number of aryl methyl sites for hydroxylation is 1. The first-order valence-electron chi connectivity index (χ1n) is 8.41. The molecule has 0 saturated carbocycles. The predicted octanol–water partition coefficient (Wildman–Crippen LogP) is 4.50. The summed E-state index contributed by atoms with van der Waals surface area (Å²) in [5, 5.41) is 3.21. The van der Waals surface area contributed by atoms with E-state index in [-0.39, 0.29) is 0 Å². The second-order valence-electron chi connectivity index (χ2n) is 5.91. The number of nitrogens with two attached hydrogens (primary N) is 1. The van der Waals surface area contributed by atoms with Gasteiger partial charge >= 0.3 is 0 Å². The van der Waals surface area contributed by atoms with Crippen LogP contribution in [0.2, 0.25) is 0 Å². The largest absolute Gasteiger partial charge is 0.383 e. The van der Waals surface area contributed by atoms with Crippen LogP contribution in [0.25, 0.3) is 17.1 Å². The first-order chi connectivity index (χ1) is 12.8. The molecule has 0 spiro atoms. The molecule has 6 heteroatoms. The second kappa shape index (κ2) is 7.41. The van der Waals surface area contributed by atoms with Crippen LogP contribution in [0.15, 0.2) is 77.8 Å². The molecule has 0 saturated heterocycles. The highest BCUT2D eigenvalue weighted by molar-refractivity contribution is 7.12. The Bertz CT molecular complexity index is 1040. The molecule has 3 heterocycles. The number of hydrogen-bond donors (Lipinski definition) is 1. The third kappa shape index (κ3) is 3.60. The standard InChI is InChI=1S/C20H19N5S/c21-20(19-4-3-13-26-19)23-17-6-5-16-7-11-25(18(16)14-17)10-2-1-9-24-12-8-22-15-24/h1,3-9,11-15H,2,10H2,(H2,21,23)/b9-1+. The first-order valence-corrected chi connectivity index (χ1v) is 9.28. The molecule has 0 aliphatic carbocycles. The Balaban J connectivity index is 1.52. The fourth-order valence-electron chi connectivity index (χ4n) is 2.82. The van der Waals surface area contributed by atoms with Gasteiger partial charge in [0.1, 0.15) is 5.84 Å². The molecule has 1 aromatic carbocycles. The Morgan fingerprint density at radius 1 is 1.23 bits per heavy atom. The zero-order valence-corrected chi connectivity index (χ0v) is 15.0. The van der Waals surface area contributed by atoms with Crippen molar-refractivity contribution < 1.29 is 0 Å². The van der Waals surface area contributed by atoms with E-state index < -0.39 is 0 Å². The van der Waals surface area contributed by atoms with Gasteiger partial charge in [-0.25, -0.2) is 9.98 Å². The number of aromatic nitrogens is 3. The smallest absolute Gasteiger partial charge is 0.141 e. The summed E-state index contributed by atoms with van der Waals surface area (Å²) in [6.45, 7) is 0.905. The van der Waals surface area contributed by atoms with Gasteiger partial charge in [-0.2, -0.15) is 0 Å². The number of hydrogen-bond acceptors (Lipinski definition) is 3. The van der Waals surface area contributed by atoms with Gasteiger partial charge in [0.2, 0.25) is 0 Å². The second-order valence-corrected chi connectivity index (χ2v) is 6.86. The normalized spacial score (nSPS) is 12.4. The summed E-state index contributed by atoms with van der Waals surface area (Å²) >= 11 is 1.60. The molecule has 5 nitrogen and oxygen atoms in total. The van der Waals surface area contributed by atoms with E-state index in [0.29, 0.717) is 5.84 Å². The van der Waals surface area contributed by atoms with E-state index >= 15 is 0 Å². The van der Waals surface area contributed by atoms with Crippen LogP contribution in [-0.4, -0.2) is 20.0 Å². The van der Waals surface area contributed by atoms with E-state index in [4.69, 9.17) is 5.73 Å². The highest BCUT2D eigenvalue weighted by Crippen LogP contribution is 2.23. The number of amidine groups is 1. The van der Waals surface area contributed by atoms with Gasteiger partial charge in [0.25, 0.3) is 0 Å². The number of allylic oxidation sites excluding steroid dienone is 1. The fourth-order valence-corrected chi connectivity index (χ4v) is 3.45. The molecular formula is C20H19N5S. The fraction of sp³-hybridized carbons (Fsp3) is 0.100. The lowest BCUT2D eigenvalue weighted by Crippen LogP contribution is -2.10. The molecular weight excluding hydrogens is 342 g/mol. The summed E-state index contributed by atoms with van der Waals surface area (Å²) in [6, 6.07) is 12.3. The van der Waals surface area contributed by atoms with Crippen LogP contribution in [0.4, 0.5) is 5.69 Å². The number of nitrogens with zero attached hydrogens (tertiary/aromatic N) is 4. The summed E-state index contributed by atoms with van der Waals surface area (Å²) in [4.78, 5) is 9.59. The molecule has 130 valence electrons. The number of aliphatic imine (C=N–C) groups is 1. The van der Waals surface area contributed by atoms with Crippen LogP contribution in [0.1, 0.15) is 11.3 Å². The number of fused-ring (bicyclic) bond motifs is 1. The molecule has 0 radical (unpaired) electrons. The van der Waals surface area contributed by atoms with Crippen LogP contribution in [0.5, 0.6) is 0 Å². The lowest BCUT2D eigenvalue weighted by Gasteiger charge is -2.04. The number of thiophene rings is 1. The van der Waals surface area contributed by atoms with Crippen molar-refractivity contribution in [2.75, 3.05) is 0 Å². The van der Waals surface area contributed by atoms with Gasteiger partial charge in [0.15, 0.2) is 0 Å². The van der Waals surface area contributed by atoms with Crippen molar-refractivity contribution in [3.63, 3.8) is 0 Å². The van der Waals surface area contributed by atoms with Crippen molar-refractivity contribution in [2.45, 2.75) is 13.0 Å². The van der Waals surface area contributed by atoms with Gasteiger partial charge in [-0.05, 0) is 41.5 Å². The Labute approximate surface area is 155 Å².